The Bertz CT molecular complexity index is 1760. The Morgan fingerprint density at radius 3 is 2.55 bits per heavy atom. The van der Waals surface area contributed by atoms with Crippen LogP contribution in [0, 0.1) is 38.0 Å². The second-order valence-electron chi connectivity index (χ2n) is 10.9. The van der Waals surface area contributed by atoms with Crippen LogP contribution in [0.15, 0.2) is 64.4 Å². The minimum atomic E-state index is -0.618. The summed E-state index contributed by atoms with van der Waals surface area (Å²) < 4.78 is 29.1. The van der Waals surface area contributed by atoms with E-state index in [2.05, 4.69) is 19.9 Å². The third-order valence-electron chi connectivity index (χ3n) is 7.69. The fourth-order valence-corrected chi connectivity index (χ4v) is 5.10. The number of nitrogens with two attached hydrogens (primary N) is 1. The predicted octanol–water partition coefficient (Wildman–Crippen LogP) is 7.23. The number of nitriles is 1. The van der Waals surface area contributed by atoms with Gasteiger partial charge in [0.25, 0.3) is 0 Å². The number of aryl methyl sites for hydroxylation is 3. The van der Waals surface area contributed by atoms with Gasteiger partial charge in [0.15, 0.2) is 11.5 Å². The zero-order valence-electron chi connectivity index (χ0n) is 24.7. The number of hydrogen-bond acceptors (Lipinski definition) is 8. The maximum atomic E-state index is 13.2. The van der Waals surface area contributed by atoms with Crippen molar-refractivity contribution in [1.82, 2.24) is 0 Å². The zero-order chi connectivity index (χ0) is 30.1. The lowest BCUT2D eigenvalue weighted by molar-refractivity contribution is 0.0702. The lowest BCUT2D eigenvalue weighted by Crippen LogP contribution is -2.21. The molecule has 216 valence electrons. The quantitative estimate of drug-likeness (QED) is 0.175. The summed E-state index contributed by atoms with van der Waals surface area (Å²) in [7, 11) is 1.58. The first-order valence-electron chi connectivity index (χ1n) is 13.9. The summed E-state index contributed by atoms with van der Waals surface area (Å²) >= 11 is 0. The number of nitrogens with zero attached hydrogens (tertiary/aromatic N) is 1. The zero-order valence-corrected chi connectivity index (χ0v) is 24.7. The highest BCUT2D eigenvalue weighted by Crippen LogP contribution is 2.45. The molecule has 3 aromatic carbocycles. The summed E-state index contributed by atoms with van der Waals surface area (Å²) in [5.41, 5.74) is 11.4. The first-order valence-corrected chi connectivity index (χ1v) is 13.9. The molecule has 0 radical (unpaired) electrons. The molecule has 1 atom stereocenters. The minimum absolute atomic E-state index is 0.0197. The highest BCUT2D eigenvalue weighted by atomic mass is 16.5. The van der Waals surface area contributed by atoms with Crippen molar-refractivity contribution in [2.45, 2.75) is 47.0 Å². The predicted molar refractivity (Wildman–Crippen MR) is 159 cm³/mol. The molecule has 1 aliphatic rings. The Balaban J connectivity index is 1.45. The molecular formula is C34H34N2O6. The van der Waals surface area contributed by atoms with E-state index in [0.717, 1.165) is 28.5 Å². The Morgan fingerprint density at radius 2 is 1.83 bits per heavy atom. The van der Waals surface area contributed by atoms with E-state index in [-0.39, 0.29) is 23.0 Å². The number of allylic oxidation sites excluding steroid dienone is 1. The van der Waals surface area contributed by atoms with E-state index in [0.29, 0.717) is 46.5 Å². The van der Waals surface area contributed by atoms with E-state index in [4.69, 9.17) is 29.1 Å². The average molecular weight is 567 g/mol. The Morgan fingerprint density at radius 1 is 1.05 bits per heavy atom. The van der Waals surface area contributed by atoms with Crippen LogP contribution >= 0.6 is 0 Å². The highest BCUT2D eigenvalue weighted by Gasteiger charge is 2.32. The van der Waals surface area contributed by atoms with Crippen LogP contribution in [-0.4, -0.2) is 19.7 Å². The van der Waals surface area contributed by atoms with Gasteiger partial charge in [0.1, 0.15) is 28.7 Å². The average Bonchev–Trinajstić information content (AvgIpc) is 3.31. The van der Waals surface area contributed by atoms with Crippen molar-refractivity contribution in [3.63, 3.8) is 0 Å². The monoisotopic (exact) mass is 566 g/mol. The van der Waals surface area contributed by atoms with Gasteiger partial charge in [0.05, 0.1) is 19.6 Å². The number of methoxy groups -OCH3 is 1. The fourth-order valence-electron chi connectivity index (χ4n) is 5.10. The SMILES string of the molecule is COc1cc(C2C(C#N)=C(N)Oc3cc(OC(=O)c4oc5c(C)c(C)ccc5c4C)ccc32)ccc1OCCC(C)C. The van der Waals surface area contributed by atoms with Gasteiger partial charge < -0.3 is 29.1 Å². The van der Waals surface area contributed by atoms with E-state index in [1.54, 1.807) is 25.3 Å². The maximum absolute atomic E-state index is 13.2. The number of ether oxygens (including phenoxy) is 4. The van der Waals surface area contributed by atoms with Crippen molar-refractivity contribution in [2.24, 2.45) is 11.7 Å². The topological polar surface area (TPSA) is 117 Å². The van der Waals surface area contributed by atoms with Gasteiger partial charge in [-0.05, 0) is 68.0 Å². The highest BCUT2D eigenvalue weighted by molar-refractivity contribution is 5.98. The van der Waals surface area contributed by atoms with E-state index < -0.39 is 11.9 Å². The van der Waals surface area contributed by atoms with Crippen LogP contribution < -0.4 is 24.7 Å². The van der Waals surface area contributed by atoms with Gasteiger partial charge in [-0.2, -0.15) is 5.26 Å². The molecule has 8 heteroatoms. The van der Waals surface area contributed by atoms with Crippen molar-refractivity contribution >= 4 is 16.9 Å². The largest absolute Gasteiger partial charge is 0.493 e. The van der Waals surface area contributed by atoms with Crippen LogP contribution in [0.25, 0.3) is 11.0 Å². The molecule has 1 unspecified atom stereocenters. The van der Waals surface area contributed by atoms with Gasteiger partial charge >= 0.3 is 5.97 Å². The molecule has 0 bridgehead atoms. The Hall–Kier alpha value is -4.90. The van der Waals surface area contributed by atoms with E-state index >= 15 is 0 Å². The second kappa shape index (κ2) is 11.5. The third kappa shape index (κ3) is 5.26. The minimum Gasteiger partial charge on any atom is -0.493 e. The lowest BCUT2D eigenvalue weighted by atomic mass is 9.83. The number of fused-ring (bicyclic) bond motifs is 2. The molecule has 2 N–H and O–H groups in total. The van der Waals surface area contributed by atoms with Crippen LogP contribution in [0.2, 0.25) is 0 Å². The van der Waals surface area contributed by atoms with Crippen molar-refractivity contribution < 1.29 is 28.2 Å². The molecule has 0 amide bonds. The fraction of sp³-hybridized carbons (Fsp3) is 0.294. The Labute approximate surface area is 245 Å². The molecule has 5 rings (SSSR count). The van der Waals surface area contributed by atoms with Gasteiger partial charge in [-0.15, -0.1) is 0 Å². The van der Waals surface area contributed by atoms with Gasteiger partial charge in [0.2, 0.25) is 11.6 Å². The summed E-state index contributed by atoms with van der Waals surface area (Å²) in [6.45, 7) is 10.6. The van der Waals surface area contributed by atoms with E-state index in [1.807, 2.05) is 51.1 Å². The lowest BCUT2D eigenvalue weighted by Gasteiger charge is -2.27. The van der Waals surface area contributed by atoms with Crippen molar-refractivity contribution in [2.75, 3.05) is 13.7 Å². The van der Waals surface area contributed by atoms with Crippen molar-refractivity contribution in [3.8, 4) is 29.1 Å². The summed E-state index contributed by atoms with van der Waals surface area (Å²) in [6.07, 6.45) is 0.915. The molecule has 1 aliphatic heterocycles. The first-order chi connectivity index (χ1) is 20.1. The molecule has 0 spiro atoms. The smallest absolute Gasteiger partial charge is 0.379 e. The number of carbonyl (C=O) groups is 1. The molecule has 1 aromatic heterocycles. The van der Waals surface area contributed by atoms with Gasteiger partial charge in [-0.1, -0.05) is 38.1 Å². The summed E-state index contributed by atoms with van der Waals surface area (Å²) in [5, 5.41) is 10.9. The first kappa shape index (κ1) is 28.6. The number of hydrogen-bond donors (Lipinski definition) is 1. The van der Waals surface area contributed by atoms with Gasteiger partial charge in [-0.3, -0.25) is 0 Å². The molecule has 0 aliphatic carbocycles. The summed E-state index contributed by atoms with van der Waals surface area (Å²) in [4.78, 5) is 13.2. The molecule has 0 saturated carbocycles. The molecular weight excluding hydrogens is 532 g/mol. The van der Waals surface area contributed by atoms with Crippen LogP contribution in [0.4, 0.5) is 0 Å². The number of carbonyl (C=O) groups excluding carboxylic acids is 1. The summed E-state index contributed by atoms with van der Waals surface area (Å²) in [5.74, 6) is 1.31. The number of benzene rings is 3. The standard InChI is InChI=1S/C34H34N2O6/c1-18(2)13-14-39-27-12-8-22(15-29(27)38-6)30-25-11-9-23(16-28(25)41-33(36)26(30)17-35)40-34(37)32-21(5)24-10-7-19(3)20(4)31(24)42-32/h7-12,15-16,18,30H,13-14,36H2,1-6H3. The number of rotatable bonds is 8. The number of furan rings is 1. The van der Waals surface area contributed by atoms with Crippen LogP contribution in [0.3, 0.4) is 0 Å². The van der Waals surface area contributed by atoms with E-state index in [1.165, 1.54) is 0 Å². The van der Waals surface area contributed by atoms with Crippen LogP contribution in [0.1, 0.15) is 64.6 Å². The van der Waals surface area contributed by atoms with Crippen LogP contribution in [0.5, 0.6) is 23.0 Å². The van der Waals surface area contributed by atoms with Crippen molar-refractivity contribution in [1.29, 1.82) is 5.26 Å². The maximum Gasteiger partial charge on any atom is 0.379 e. The van der Waals surface area contributed by atoms with E-state index in [9.17, 15) is 10.1 Å². The van der Waals surface area contributed by atoms with Gasteiger partial charge in [-0.25, -0.2) is 4.79 Å². The Kier molecular flexibility index (Phi) is 7.86. The molecule has 8 nitrogen and oxygen atoms in total. The number of esters is 1. The third-order valence-corrected chi connectivity index (χ3v) is 7.69. The normalized spacial score (nSPS) is 14.4. The molecule has 2 heterocycles. The molecule has 0 saturated heterocycles. The van der Waals surface area contributed by atoms with Crippen LogP contribution in [-0.2, 0) is 0 Å². The summed E-state index contributed by atoms with van der Waals surface area (Å²) in [6, 6.07) is 16.7. The molecule has 4 aromatic rings. The van der Waals surface area contributed by atoms with Crippen molar-refractivity contribution in [3.05, 3.63) is 93.6 Å². The molecule has 42 heavy (non-hydrogen) atoms. The second-order valence-corrected chi connectivity index (χ2v) is 10.9. The molecule has 0 fully saturated rings. The van der Waals surface area contributed by atoms with Gasteiger partial charge in [0, 0.05) is 22.6 Å².